The van der Waals surface area contributed by atoms with E-state index in [0.29, 0.717) is 0 Å². The van der Waals surface area contributed by atoms with Crippen molar-refractivity contribution >= 4 is 49.4 Å². The van der Waals surface area contributed by atoms with Gasteiger partial charge in [0.05, 0.1) is 11.1 Å². The predicted molar refractivity (Wildman–Crippen MR) is 261 cm³/mol. The molecule has 1 spiro atoms. The van der Waals surface area contributed by atoms with Crippen molar-refractivity contribution in [2.45, 2.75) is 5.41 Å². The quantitative estimate of drug-likeness (QED) is 0.157. The second-order valence-corrected chi connectivity index (χ2v) is 16.7. The number of anilines is 3. The molecular formula is C61H39N. The lowest BCUT2D eigenvalue weighted by molar-refractivity contribution is 0.794. The van der Waals surface area contributed by atoms with E-state index < -0.39 is 5.41 Å². The van der Waals surface area contributed by atoms with Gasteiger partial charge in [-0.15, -0.1) is 0 Å². The molecule has 0 aromatic heterocycles. The average molecular weight is 786 g/mol. The van der Waals surface area contributed by atoms with Crippen molar-refractivity contribution in [3.63, 3.8) is 0 Å². The number of fused-ring (bicyclic) bond motifs is 16. The van der Waals surface area contributed by atoms with Crippen molar-refractivity contribution in [3.8, 4) is 44.5 Å². The van der Waals surface area contributed by atoms with E-state index in [1.165, 1.54) is 99.1 Å². The monoisotopic (exact) mass is 785 g/mol. The van der Waals surface area contributed by atoms with Crippen LogP contribution in [0.25, 0.3) is 76.8 Å². The van der Waals surface area contributed by atoms with Gasteiger partial charge in [-0.05, 0) is 130 Å². The lowest BCUT2D eigenvalue weighted by atomic mass is 9.70. The van der Waals surface area contributed by atoms with Crippen molar-refractivity contribution in [2.75, 3.05) is 4.90 Å². The van der Waals surface area contributed by atoms with Crippen LogP contribution in [0.15, 0.2) is 237 Å². The maximum Gasteiger partial charge on any atom is 0.0726 e. The van der Waals surface area contributed by atoms with Crippen LogP contribution in [0.2, 0.25) is 0 Å². The van der Waals surface area contributed by atoms with Crippen LogP contribution < -0.4 is 4.90 Å². The van der Waals surface area contributed by atoms with E-state index in [-0.39, 0.29) is 0 Å². The SMILES string of the molecule is c1ccc(-c2ccc(N(c3ccc(-c4ccc5c6ccccc6c6ccccc6c5c4)cc3)c3cccc4c3-c3ccccc3C43c4ccccc4-c4ccccc43)cc2)cc1. The number of benzene rings is 11. The lowest BCUT2D eigenvalue weighted by Crippen LogP contribution is -2.26. The van der Waals surface area contributed by atoms with Crippen molar-refractivity contribution < 1.29 is 0 Å². The van der Waals surface area contributed by atoms with Crippen molar-refractivity contribution in [2.24, 2.45) is 0 Å². The Bertz CT molecular complexity index is 3480. The third-order valence-electron chi connectivity index (χ3n) is 13.7. The molecular weight excluding hydrogens is 747 g/mol. The molecule has 62 heavy (non-hydrogen) atoms. The maximum absolute atomic E-state index is 2.47. The van der Waals surface area contributed by atoms with Crippen LogP contribution in [-0.2, 0) is 5.41 Å². The zero-order valence-corrected chi connectivity index (χ0v) is 34.0. The van der Waals surface area contributed by atoms with Crippen LogP contribution >= 0.6 is 0 Å². The standard InChI is InChI=1S/C61H39N/c1-2-15-40(16-3-1)41-29-34-44(35-30-41)62(45-36-31-42(32-37-45)43-33-38-50-48-19-5-4-17-46(48)47-18-6-7-20-49(47)54(50)39-43)59-28-14-27-58-60(59)53-23-10-13-26-57(53)61(58)55-24-11-8-21-51(55)52-22-9-12-25-56(52)61/h1-39H. The summed E-state index contributed by atoms with van der Waals surface area (Å²) in [5.74, 6) is 0. The molecule has 0 atom stereocenters. The summed E-state index contributed by atoms with van der Waals surface area (Å²) < 4.78 is 0. The Balaban J connectivity index is 1.00. The van der Waals surface area contributed by atoms with Gasteiger partial charge in [0, 0.05) is 16.9 Å². The first-order chi connectivity index (χ1) is 30.8. The predicted octanol–water partition coefficient (Wildman–Crippen LogP) is 16.3. The van der Waals surface area contributed by atoms with Crippen molar-refractivity contribution in [1.82, 2.24) is 0 Å². The van der Waals surface area contributed by atoms with E-state index in [2.05, 4.69) is 241 Å². The summed E-state index contributed by atoms with van der Waals surface area (Å²) in [5, 5.41) is 7.73. The molecule has 288 valence electrons. The highest BCUT2D eigenvalue weighted by atomic mass is 15.1. The van der Waals surface area contributed by atoms with Gasteiger partial charge in [-0.25, -0.2) is 0 Å². The van der Waals surface area contributed by atoms with Crippen LogP contribution in [0.5, 0.6) is 0 Å². The Morgan fingerprint density at radius 2 is 0.661 bits per heavy atom. The Hall–Kier alpha value is -8.00. The van der Waals surface area contributed by atoms with Gasteiger partial charge in [0.25, 0.3) is 0 Å². The Morgan fingerprint density at radius 1 is 0.258 bits per heavy atom. The van der Waals surface area contributed by atoms with Gasteiger partial charge >= 0.3 is 0 Å². The zero-order chi connectivity index (χ0) is 40.8. The summed E-state index contributed by atoms with van der Waals surface area (Å²) >= 11 is 0. The molecule has 0 amide bonds. The first kappa shape index (κ1) is 34.8. The molecule has 0 radical (unpaired) electrons. The van der Waals surface area contributed by atoms with E-state index in [4.69, 9.17) is 0 Å². The molecule has 0 heterocycles. The van der Waals surface area contributed by atoms with Crippen LogP contribution in [0.1, 0.15) is 22.3 Å². The van der Waals surface area contributed by atoms with Gasteiger partial charge in [-0.3, -0.25) is 0 Å². The molecule has 0 saturated heterocycles. The molecule has 13 rings (SSSR count). The molecule has 0 fully saturated rings. The Labute approximate surface area is 361 Å². The Kier molecular flexibility index (Phi) is 7.59. The molecule has 0 N–H and O–H groups in total. The first-order valence-electron chi connectivity index (χ1n) is 21.6. The highest BCUT2D eigenvalue weighted by Gasteiger charge is 2.52. The van der Waals surface area contributed by atoms with E-state index >= 15 is 0 Å². The highest BCUT2D eigenvalue weighted by Crippen LogP contribution is 2.64. The molecule has 2 aliphatic carbocycles. The minimum atomic E-state index is -0.423. The molecule has 0 aliphatic heterocycles. The van der Waals surface area contributed by atoms with Crippen LogP contribution in [0, 0.1) is 0 Å². The number of rotatable bonds is 5. The molecule has 0 unspecified atom stereocenters. The average Bonchev–Trinajstić information content (AvgIpc) is 3.83. The van der Waals surface area contributed by atoms with Crippen LogP contribution in [-0.4, -0.2) is 0 Å². The van der Waals surface area contributed by atoms with Gasteiger partial charge in [-0.2, -0.15) is 0 Å². The molecule has 1 nitrogen and oxygen atoms in total. The summed E-state index contributed by atoms with van der Waals surface area (Å²) in [6, 6.07) is 87.7. The van der Waals surface area contributed by atoms with Gasteiger partial charge in [0.2, 0.25) is 0 Å². The van der Waals surface area contributed by atoms with Gasteiger partial charge in [0.15, 0.2) is 0 Å². The molecule has 1 heteroatoms. The largest absolute Gasteiger partial charge is 0.310 e. The summed E-state index contributed by atoms with van der Waals surface area (Å²) in [5.41, 5.74) is 18.3. The number of hydrogen-bond acceptors (Lipinski definition) is 1. The topological polar surface area (TPSA) is 3.24 Å². The zero-order valence-electron chi connectivity index (χ0n) is 34.0. The van der Waals surface area contributed by atoms with Gasteiger partial charge in [0.1, 0.15) is 0 Å². The van der Waals surface area contributed by atoms with Crippen molar-refractivity contribution in [1.29, 1.82) is 0 Å². The third kappa shape index (κ3) is 4.91. The first-order valence-corrected chi connectivity index (χ1v) is 21.6. The Morgan fingerprint density at radius 3 is 1.24 bits per heavy atom. The molecule has 2 aliphatic rings. The minimum absolute atomic E-state index is 0.423. The molecule has 11 aromatic rings. The smallest absolute Gasteiger partial charge is 0.0726 e. The van der Waals surface area contributed by atoms with E-state index in [9.17, 15) is 0 Å². The van der Waals surface area contributed by atoms with Gasteiger partial charge in [-0.1, -0.05) is 200 Å². The fourth-order valence-electron chi connectivity index (χ4n) is 11.1. The summed E-state index contributed by atoms with van der Waals surface area (Å²) in [6.45, 7) is 0. The van der Waals surface area contributed by atoms with Gasteiger partial charge < -0.3 is 4.90 Å². The normalized spacial score (nSPS) is 13.0. The van der Waals surface area contributed by atoms with E-state index in [1.54, 1.807) is 0 Å². The fraction of sp³-hybridized carbons (Fsp3) is 0.0164. The third-order valence-corrected chi connectivity index (χ3v) is 13.7. The molecule has 11 aromatic carbocycles. The second kappa shape index (κ2) is 13.5. The van der Waals surface area contributed by atoms with Crippen LogP contribution in [0.3, 0.4) is 0 Å². The lowest BCUT2D eigenvalue weighted by Gasteiger charge is -2.32. The van der Waals surface area contributed by atoms with E-state index in [1.807, 2.05) is 0 Å². The highest BCUT2D eigenvalue weighted by molar-refractivity contribution is 6.25. The molecule has 0 bridgehead atoms. The number of hydrogen-bond donors (Lipinski definition) is 0. The van der Waals surface area contributed by atoms with Crippen LogP contribution in [0.4, 0.5) is 17.1 Å². The summed E-state index contributed by atoms with van der Waals surface area (Å²) in [6.07, 6.45) is 0. The summed E-state index contributed by atoms with van der Waals surface area (Å²) in [4.78, 5) is 2.47. The summed E-state index contributed by atoms with van der Waals surface area (Å²) in [7, 11) is 0. The maximum atomic E-state index is 2.47. The van der Waals surface area contributed by atoms with E-state index in [0.717, 1.165) is 17.1 Å². The second-order valence-electron chi connectivity index (χ2n) is 16.7. The van der Waals surface area contributed by atoms with Crippen molar-refractivity contribution in [3.05, 3.63) is 259 Å². The fourth-order valence-corrected chi connectivity index (χ4v) is 11.1. The number of nitrogens with zero attached hydrogens (tertiary/aromatic N) is 1. The minimum Gasteiger partial charge on any atom is -0.310 e. The molecule has 0 saturated carbocycles.